The van der Waals surface area contributed by atoms with Gasteiger partial charge in [0.2, 0.25) is 0 Å². The zero-order chi connectivity index (χ0) is 13.4. The minimum absolute atomic E-state index is 0.0801. The predicted molar refractivity (Wildman–Crippen MR) is 71.7 cm³/mol. The van der Waals surface area contributed by atoms with Gasteiger partial charge in [-0.05, 0) is 32.1 Å². The summed E-state index contributed by atoms with van der Waals surface area (Å²) in [5, 5.41) is 23.8. The highest BCUT2D eigenvalue weighted by Crippen LogP contribution is 2.35. The highest BCUT2D eigenvalue weighted by atomic mass is 16.3. The van der Waals surface area contributed by atoms with Crippen molar-refractivity contribution in [2.75, 3.05) is 23.7 Å². The van der Waals surface area contributed by atoms with Crippen molar-refractivity contribution < 1.29 is 5.11 Å². The minimum atomic E-state index is -0.403. The number of anilines is 2. The van der Waals surface area contributed by atoms with Crippen LogP contribution in [0.25, 0.3) is 0 Å². The molecule has 2 heterocycles. The second-order valence-electron chi connectivity index (χ2n) is 5.40. The zero-order valence-corrected chi connectivity index (χ0v) is 10.9. The lowest BCUT2D eigenvalue weighted by molar-refractivity contribution is 0.131. The van der Waals surface area contributed by atoms with E-state index < -0.39 is 6.10 Å². The van der Waals surface area contributed by atoms with Gasteiger partial charge < -0.3 is 15.7 Å². The quantitative estimate of drug-likeness (QED) is 0.829. The Bertz CT molecular complexity index is 512. The molecule has 0 bridgehead atoms. The molecule has 6 heteroatoms. The van der Waals surface area contributed by atoms with Crippen molar-refractivity contribution in [2.24, 2.45) is 0 Å². The molecule has 0 spiro atoms. The molecule has 2 aliphatic rings. The number of rotatable bonds is 2. The van der Waals surface area contributed by atoms with Gasteiger partial charge in [-0.15, -0.1) is 0 Å². The molecule has 6 nitrogen and oxygen atoms in total. The number of nitrogens with two attached hydrogens (primary N) is 1. The Balaban J connectivity index is 1.99. The Labute approximate surface area is 112 Å². The number of nitrogen functional groups attached to an aromatic ring is 1. The standard InChI is InChI=1S/C13H19N5O/c14-8-9-12(15)18(10-4-3-5-11(10)19)16-13(9)17-6-1-2-7-17/h10-11,19H,1-7,15H2. The first-order valence-electron chi connectivity index (χ1n) is 6.93. The number of aliphatic hydroxyl groups excluding tert-OH is 1. The van der Waals surface area contributed by atoms with Gasteiger partial charge in [0.05, 0.1) is 12.1 Å². The summed E-state index contributed by atoms with van der Waals surface area (Å²) in [5.74, 6) is 1.09. The second-order valence-corrected chi connectivity index (χ2v) is 5.40. The van der Waals surface area contributed by atoms with Gasteiger partial charge in [-0.3, -0.25) is 0 Å². The number of aliphatic hydroxyl groups is 1. The third-order valence-corrected chi connectivity index (χ3v) is 4.20. The molecule has 1 saturated carbocycles. The molecule has 2 unspecified atom stereocenters. The van der Waals surface area contributed by atoms with Crippen LogP contribution >= 0.6 is 0 Å². The van der Waals surface area contributed by atoms with Crippen molar-refractivity contribution in [3.8, 4) is 6.07 Å². The second kappa shape index (κ2) is 4.74. The fourth-order valence-corrected chi connectivity index (χ4v) is 3.15. The first-order valence-corrected chi connectivity index (χ1v) is 6.93. The van der Waals surface area contributed by atoms with Crippen LogP contribution in [-0.2, 0) is 0 Å². The van der Waals surface area contributed by atoms with Crippen molar-refractivity contribution in [2.45, 2.75) is 44.2 Å². The first kappa shape index (κ1) is 12.3. The van der Waals surface area contributed by atoms with E-state index in [1.807, 2.05) is 0 Å². The fourth-order valence-electron chi connectivity index (χ4n) is 3.15. The Hall–Kier alpha value is -1.74. The fraction of sp³-hybridized carbons (Fsp3) is 0.692. The van der Waals surface area contributed by atoms with E-state index in [-0.39, 0.29) is 6.04 Å². The van der Waals surface area contributed by atoms with Gasteiger partial charge in [0.25, 0.3) is 0 Å². The SMILES string of the molecule is N#Cc1c(N2CCCC2)nn(C2CCCC2O)c1N. The van der Waals surface area contributed by atoms with Crippen molar-refractivity contribution >= 4 is 11.6 Å². The maximum Gasteiger partial charge on any atom is 0.170 e. The lowest BCUT2D eigenvalue weighted by Crippen LogP contribution is -2.22. The zero-order valence-electron chi connectivity index (χ0n) is 10.9. The lowest BCUT2D eigenvalue weighted by Gasteiger charge is -2.17. The largest absolute Gasteiger partial charge is 0.391 e. The summed E-state index contributed by atoms with van der Waals surface area (Å²) in [6.07, 6.45) is 4.49. The molecule has 1 aromatic heterocycles. The van der Waals surface area contributed by atoms with E-state index in [1.54, 1.807) is 4.68 Å². The molecule has 19 heavy (non-hydrogen) atoms. The smallest absolute Gasteiger partial charge is 0.170 e. The lowest BCUT2D eigenvalue weighted by atomic mass is 10.2. The molecule has 3 rings (SSSR count). The van der Waals surface area contributed by atoms with Gasteiger partial charge in [-0.2, -0.15) is 10.4 Å². The van der Waals surface area contributed by atoms with Crippen LogP contribution in [0.1, 0.15) is 43.7 Å². The summed E-state index contributed by atoms with van der Waals surface area (Å²) < 4.78 is 1.67. The number of hydrogen-bond donors (Lipinski definition) is 2. The Morgan fingerprint density at radius 3 is 2.58 bits per heavy atom. The molecule has 1 saturated heterocycles. The number of aromatic nitrogens is 2. The summed E-state index contributed by atoms with van der Waals surface area (Å²) >= 11 is 0. The van der Waals surface area contributed by atoms with E-state index in [0.29, 0.717) is 17.2 Å². The topological polar surface area (TPSA) is 91.1 Å². The van der Waals surface area contributed by atoms with E-state index in [2.05, 4.69) is 16.1 Å². The van der Waals surface area contributed by atoms with Gasteiger partial charge in [0.1, 0.15) is 17.5 Å². The van der Waals surface area contributed by atoms with Gasteiger partial charge in [-0.25, -0.2) is 4.68 Å². The first-order chi connectivity index (χ1) is 9.22. The van der Waals surface area contributed by atoms with Crippen molar-refractivity contribution in [3.05, 3.63) is 5.56 Å². The number of nitrogens with zero attached hydrogens (tertiary/aromatic N) is 4. The van der Waals surface area contributed by atoms with Crippen LogP contribution in [0, 0.1) is 11.3 Å². The van der Waals surface area contributed by atoms with E-state index in [9.17, 15) is 10.4 Å². The molecule has 2 atom stereocenters. The molecule has 2 fully saturated rings. The molecule has 1 aromatic rings. The average Bonchev–Trinajstić information content (AvgIpc) is 3.09. The third kappa shape index (κ3) is 1.94. The number of hydrogen-bond acceptors (Lipinski definition) is 5. The molecule has 0 radical (unpaired) electrons. The minimum Gasteiger partial charge on any atom is -0.391 e. The monoisotopic (exact) mass is 261 g/mol. The van der Waals surface area contributed by atoms with Gasteiger partial charge in [-0.1, -0.05) is 0 Å². The summed E-state index contributed by atoms with van der Waals surface area (Å²) in [6, 6.07) is 2.09. The van der Waals surface area contributed by atoms with Crippen molar-refractivity contribution in [1.82, 2.24) is 9.78 Å². The molecular weight excluding hydrogens is 242 g/mol. The van der Waals surface area contributed by atoms with Crippen LogP contribution < -0.4 is 10.6 Å². The Morgan fingerprint density at radius 1 is 1.26 bits per heavy atom. The highest BCUT2D eigenvalue weighted by Gasteiger charge is 2.32. The molecule has 102 valence electrons. The van der Waals surface area contributed by atoms with Crippen LogP contribution in [-0.4, -0.2) is 34.1 Å². The Kier molecular flexibility index (Phi) is 3.07. The molecular formula is C13H19N5O. The highest BCUT2D eigenvalue weighted by molar-refractivity contribution is 5.65. The van der Waals surface area contributed by atoms with Crippen LogP contribution in [0.15, 0.2) is 0 Å². The van der Waals surface area contributed by atoms with Crippen molar-refractivity contribution in [3.63, 3.8) is 0 Å². The van der Waals surface area contributed by atoms with Crippen LogP contribution in [0.3, 0.4) is 0 Å². The summed E-state index contributed by atoms with van der Waals surface area (Å²) in [4.78, 5) is 2.12. The molecule has 0 amide bonds. The molecule has 1 aliphatic carbocycles. The van der Waals surface area contributed by atoms with E-state index in [0.717, 1.165) is 45.2 Å². The van der Waals surface area contributed by atoms with E-state index in [1.165, 1.54) is 0 Å². The molecule has 1 aliphatic heterocycles. The van der Waals surface area contributed by atoms with Crippen LogP contribution in [0.5, 0.6) is 0 Å². The normalized spacial score (nSPS) is 26.8. The van der Waals surface area contributed by atoms with Crippen molar-refractivity contribution in [1.29, 1.82) is 5.26 Å². The van der Waals surface area contributed by atoms with Gasteiger partial charge in [0, 0.05) is 13.1 Å². The summed E-state index contributed by atoms with van der Waals surface area (Å²) in [6.45, 7) is 1.86. The molecule has 3 N–H and O–H groups in total. The molecule has 0 aromatic carbocycles. The number of nitriles is 1. The van der Waals surface area contributed by atoms with Gasteiger partial charge in [0.15, 0.2) is 5.82 Å². The Morgan fingerprint density at radius 2 is 2.00 bits per heavy atom. The van der Waals surface area contributed by atoms with E-state index in [4.69, 9.17) is 5.73 Å². The average molecular weight is 261 g/mol. The van der Waals surface area contributed by atoms with E-state index >= 15 is 0 Å². The van der Waals surface area contributed by atoms with Crippen LogP contribution in [0.2, 0.25) is 0 Å². The van der Waals surface area contributed by atoms with Gasteiger partial charge >= 0.3 is 0 Å². The maximum absolute atomic E-state index is 9.99. The predicted octanol–water partition coefficient (Wildman–Crippen LogP) is 1.02. The summed E-state index contributed by atoms with van der Waals surface area (Å²) in [5.41, 5.74) is 6.52. The maximum atomic E-state index is 9.99. The van der Waals surface area contributed by atoms with Crippen LogP contribution in [0.4, 0.5) is 11.6 Å². The third-order valence-electron chi connectivity index (χ3n) is 4.20. The summed E-state index contributed by atoms with van der Waals surface area (Å²) in [7, 11) is 0.